The van der Waals surface area contributed by atoms with Crippen LogP contribution in [0.5, 0.6) is 0 Å². The normalized spacial score (nSPS) is 14.6. The van der Waals surface area contributed by atoms with Crippen LogP contribution in [-0.4, -0.2) is 22.6 Å². The summed E-state index contributed by atoms with van der Waals surface area (Å²) in [7, 11) is 0. The van der Waals surface area contributed by atoms with E-state index in [0.717, 1.165) is 33.4 Å². The van der Waals surface area contributed by atoms with Gasteiger partial charge in [0.25, 0.3) is 5.91 Å². The molecule has 2 heterocycles. The number of amides is 1. The number of carbonyl (C=O) groups excluding carboxylic acids is 1. The summed E-state index contributed by atoms with van der Waals surface area (Å²) in [5.74, 6) is -0.129. The molecule has 5 nitrogen and oxygen atoms in total. The number of benzene rings is 2. The molecule has 0 bridgehead atoms. The van der Waals surface area contributed by atoms with Crippen LogP contribution in [0.1, 0.15) is 11.1 Å². The molecule has 0 fully saturated rings. The predicted molar refractivity (Wildman–Crippen MR) is 99.2 cm³/mol. The van der Waals surface area contributed by atoms with Crippen molar-refractivity contribution in [2.45, 2.75) is 6.42 Å². The van der Waals surface area contributed by atoms with Gasteiger partial charge in [0, 0.05) is 41.3 Å². The average Bonchev–Trinajstić information content (AvgIpc) is 2.97. The van der Waals surface area contributed by atoms with Gasteiger partial charge in [-0.15, -0.1) is 0 Å². The molecule has 1 aromatic heterocycles. The van der Waals surface area contributed by atoms with Gasteiger partial charge in [0.1, 0.15) is 0 Å². The number of anilines is 2. The standard InChI is InChI=1S/C20H17N3O2/c24-11-9-13-3-5-14(6-4-13)22-12-16-19-15-2-1-10-21-17(15)7-8-18(19)23-20(16)25/h1-8,10,12,22,24H,9,11H2,(H,23,25). The van der Waals surface area contributed by atoms with E-state index in [1.165, 1.54) is 0 Å². The fraction of sp³-hybridized carbons (Fsp3) is 0.100. The van der Waals surface area contributed by atoms with Crippen LogP contribution < -0.4 is 10.6 Å². The van der Waals surface area contributed by atoms with Gasteiger partial charge in [-0.25, -0.2) is 0 Å². The van der Waals surface area contributed by atoms with Gasteiger partial charge in [0.15, 0.2) is 0 Å². The van der Waals surface area contributed by atoms with E-state index in [-0.39, 0.29) is 12.5 Å². The van der Waals surface area contributed by atoms with Crippen LogP contribution in [0.2, 0.25) is 0 Å². The molecule has 0 unspecified atom stereocenters. The minimum Gasteiger partial charge on any atom is -0.396 e. The van der Waals surface area contributed by atoms with E-state index in [4.69, 9.17) is 5.11 Å². The number of hydrogen-bond acceptors (Lipinski definition) is 4. The van der Waals surface area contributed by atoms with E-state index >= 15 is 0 Å². The lowest BCUT2D eigenvalue weighted by molar-refractivity contribution is -0.110. The number of nitrogens with one attached hydrogen (secondary N) is 2. The fourth-order valence-corrected chi connectivity index (χ4v) is 3.04. The van der Waals surface area contributed by atoms with Crippen LogP contribution in [-0.2, 0) is 11.2 Å². The van der Waals surface area contributed by atoms with Crippen LogP contribution in [0.25, 0.3) is 16.5 Å². The highest BCUT2D eigenvalue weighted by atomic mass is 16.3. The summed E-state index contributed by atoms with van der Waals surface area (Å²) in [6.07, 6.45) is 4.11. The molecule has 5 heteroatoms. The summed E-state index contributed by atoms with van der Waals surface area (Å²) in [6.45, 7) is 0.134. The number of pyridine rings is 1. The van der Waals surface area contributed by atoms with Crippen LogP contribution in [0, 0.1) is 0 Å². The summed E-state index contributed by atoms with van der Waals surface area (Å²) in [4.78, 5) is 16.7. The van der Waals surface area contributed by atoms with Gasteiger partial charge in [0.2, 0.25) is 0 Å². The molecule has 0 aliphatic carbocycles. The number of aliphatic hydroxyl groups excluding tert-OH is 1. The maximum absolute atomic E-state index is 12.4. The molecule has 0 saturated heterocycles. The smallest absolute Gasteiger partial charge is 0.257 e. The first-order valence-corrected chi connectivity index (χ1v) is 8.12. The lowest BCUT2D eigenvalue weighted by Crippen LogP contribution is -2.05. The Balaban J connectivity index is 1.68. The molecule has 124 valence electrons. The first kappa shape index (κ1) is 15.4. The molecule has 1 aliphatic heterocycles. The van der Waals surface area contributed by atoms with E-state index < -0.39 is 0 Å². The Morgan fingerprint density at radius 1 is 1.12 bits per heavy atom. The van der Waals surface area contributed by atoms with Gasteiger partial charge in [-0.1, -0.05) is 18.2 Å². The third kappa shape index (κ3) is 2.86. The number of fused-ring (bicyclic) bond motifs is 3. The fourth-order valence-electron chi connectivity index (χ4n) is 3.04. The minimum atomic E-state index is -0.129. The van der Waals surface area contributed by atoms with Gasteiger partial charge < -0.3 is 15.7 Å². The zero-order valence-corrected chi connectivity index (χ0v) is 13.5. The van der Waals surface area contributed by atoms with Crippen molar-refractivity contribution in [2.24, 2.45) is 0 Å². The van der Waals surface area contributed by atoms with Crippen molar-refractivity contribution < 1.29 is 9.90 Å². The number of rotatable bonds is 4. The molecule has 0 radical (unpaired) electrons. The molecular weight excluding hydrogens is 314 g/mol. The van der Waals surface area contributed by atoms with E-state index in [1.807, 2.05) is 48.5 Å². The van der Waals surface area contributed by atoms with Crippen LogP contribution in [0.3, 0.4) is 0 Å². The van der Waals surface area contributed by atoms with Gasteiger partial charge >= 0.3 is 0 Å². The third-order valence-corrected chi connectivity index (χ3v) is 4.28. The average molecular weight is 331 g/mol. The van der Waals surface area contributed by atoms with E-state index in [1.54, 1.807) is 12.4 Å². The third-order valence-electron chi connectivity index (χ3n) is 4.28. The van der Waals surface area contributed by atoms with Crippen molar-refractivity contribution >= 4 is 33.8 Å². The molecule has 0 saturated carbocycles. The number of carbonyl (C=O) groups is 1. The molecule has 3 aromatic rings. The van der Waals surface area contributed by atoms with Gasteiger partial charge in [-0.2, -0.15) is 0 Å². The molecule has 2 aromatic carbocycles. The highest BCUT2D eigenvalue weighted by Gasteiger charge is 2.26. The van der Waals surface area contributed by atoms with E-state index in [9.17, 15) is 4.79 Å². The van der Waals surface area contributed by atoms with Crippen molar-refractivity contribution in [3.63, 3.8) is 0 Å². The maximum Gasteiger partial charge on any atom is 0.257 e. The lowest BCUT2D eigenvalue weighted by atomic mass is 10.0. The molecule has 1 aliphatic rings. The highest BCUT2D eigenvalue weighted by molar-refractivity contribution is 6.34. The van der Waals surface area contributed by atoms with E-state index in [0.29, 0.717) is 12.0 Å². The number of aromatic nitrogens is 1. The van der Waals surface area contributed by atoms with Gasteiger partial charge in [-0.05, 0) is 42.3 Å². The minimum absolute atomic E-state index is 0.129. The summed E-state index contributed by atoms with van der Waals surface area (Å²) in [6, 6.07) is 15.4. The van der Waals surface area contributed by atoms with Gasteiger partial charge in [0.05, 0.1) is 11.1 Å². The first-order chi connectivity index (χ1) is 12.3. The van der Waals surface area contributed by atoms with Crippen molar-refractivity contribution in [1.82, 2.24) is 4.98 Å². The molecule has 1 amide bonds. The quantitative estimate of drug-likeness (QED) is 0.642. The Kier molecular flexibility index (Phi) is 3.91. The molecule has 0 spiro atoms. The predicted octanol–water partition coefficient (Wildman–Crippen LogP) is 3.17. The summed E-state index contributed by atoms with van der Waals surface area (Å²) >= 11 is 0. The second kappa shape index (κ2) is 6.37. The van der Waals surface area contributed by atoms with Crippen molar-refractivity contribution in [1.29, 1.82) is 0 Å². The Bertz CT molecular complexity index is 978. The highest BCUT2D eigenvalue weighted by Crippen LogP contribution is 2.36. The zero-order valence-electron chi connectivity index (χ0n) is 13.5. The Morgan fingerprint density at radius 3 is 2.76 bits per heavy atom. The second-order valence-electron chi connectivity index (χ2n) is 5.89. The summed E-state index contributed by atoms with van der Waals surface area (Å²) in [5, 5.41) is 16.0. The lowest BCUT2D eigenvalue weighted by Gasteiger charge is -2.06. The SMILES string of the molecule is O=C1Nc2ccc3ncccc3c2C1=CNc1ccc(CCO)cc1. The van der Waals surface area contributed by atoms with E-state index in [2.05, 4.69) is 15.6 Å². The number of hydrogen-bond donors (Lipinski definition) is 3. The summed E-state index contributed by atoms with van der Waals surface area (Å²) in [5.41, 5.74) is 5.08. The molecule has 4 rings (SSSR count). The van der Waals surface area contributed by atoms with Crippen LogP contribution in [0.4, 0.5) is 11.4 Å². The van der Waals surface area contributed by atoms with Crippen molar-refractivity contribution in [3.8, 4) is 0 Å². The largest absolute Gasteiger partial charge is 0.396 e. The number of aliphatic hydroxyl groups is 1. The van der Waals surface area contributed by atoms with Crippen LogP contribution in [0.15, 0.2) is 60.9 Å². The van der Waals surface area contributed by atoms with Crippen LogP contribution >= 0.6 is 0 Å². The Hall–Kier alpha value is -3.18. The number of nitrogens with zero attached hydrogens (tertiary/aromatic N) is 1. The zero-order chi connectivity index (χ0) is 17.2. The van der Waals surface area contributed by atoms with Gasteiger partial charge in [-0.3, -0.25) is 9.78 Å². The van der Waals surface area contributed by atoms with Crippen molar-refractivity contribution in [2.75, 3.05) is 17.2 Å². The monoisotopic (exact) mass is 331 g/mol. The maximum atomic E-state index is 12.4. The topological polar surface area (TPSA) is 74.2 Å². The first-order valence-electron chi connectivity index (χ1n) is 8.12. The summed E-state index contributed by atoms with van der Waals surface area (Å²) < 4.78 is 0. The molecule has 0 atom stereocenters. The Morgan fingerprint density at radius 2 is 1.96 bits per heavy atom. The molecule has 3 N–H and O–H groups in total. The second-order valence-corrected chi connectivity index (χ2v) is 5.89. The van der Waals surface area contributed by atoms with Crippen molar-refractivity contribution in [3.05, 3.63) is 72.1 Å². The molecular formula is C20H17N3O2. The Labute approximate surface area is 145 Å². The molecule has 25 heavy (non-hydrogen) atoms.